The van der Waals surface area contributed by atoms with Gasteiger partial charge in [-0.05, 0) is 18.7 Å². The monoisotopic (exact) mass is 265 g/mol. The summed E-state index contributed by atoms with van der Waals surface area (Å²) in [5.74, 6) is 1.55. The fourth-order valence-electron chi connectivity index (χ4n) is 2.03. The molecule has 100 valence electrons. The van der Waals surface area contributed by atoms with E-state index in [-0.39, 0.29) is 0 Å². The van der Waals surface area contributed by atoms with Gasteiger partial charge < -0.3 is 5.73 Å². The molecule has 0 atom stereocenters. The van der Waals surface area contributed by atoms with Crippen molar-refractivity contribution in [1.82, 2.24) is 19.7 Å². The average molecular weight is 265 g/mol. The van der Waals surface area contributed by atoms with Gasteiger partial charge >= 0.3 is 0 Å². The third kappa shape index (κ3) is 2.44. The molecule has 0 saturated heterocycles. The number of rotatable bonds is 4. The Morgan fingerprint density at radius 2 is 1.90 bits per heavy atom. The lowest BCUT2D eigenvalue weighted by atomic mass is 10.2. The fraction of sp³-hybridized carbons (Fsp3) is 0.133. The maximum absolute atomic E-state index is 5.66. The lowest BCUT2D eigenvalue weighted by Crippen LogP contribution is -2.09. The number of hydrogen-bond donors (Lipinski definition) is 1. The van der Waals surface area contributed by atoms with Crippen molar-refractivity contribution in [1.29, 1.82) is 0 Å². The average Bonchev–Trinajstić information content (AvgIpc) is 2.94. The molecule has 1 aromatic carbocycles. The van der Waals surface area contributed by atoms with Crippen LogP contribution in [0.25, 0.3) is 17.1 Å². The summed E-state index contributed by atoms with van der Waals surface area (Å²) in [5.41, 5.74) is 7.55. The van der Waals surface area contributed by atoms with Crippen molar-refractivity contribution >= 4 is 0 Å². The number of nitrogens with two attached hydrogens (primary N) is 1. The molecule has 0 saturated carbocycles. The molecule has 2 aromatic heterocycles. The summed E-state index contributed by atoms with van der Waals surface area (Å²) in [5, 5.41) is 4.58. The van der Waals surface area contributed by atoms with Crippen molar-refractivity contribution in [3.05, 3.63) is 60.7 Å². The van der Waals surface area contributed by atoms with Crippen LogP contribution in [0.5, 0.6) is 0 Å². The standard InChI is InChI=1S/C15H15N5/c16-9-8-14-18-15(12-5-2-1-3-6-12)19-20(14)13-7-4-10-17-11-13/h1-7,10-11H,8-9,16H2. The molecule has 2 heterocycles. The highest BCUT2D eigenvalue weighted by molar-refractivity contribution is 5.54. The van der Waals surface area contributed by atoms with E-state index in [0.717, 1.165) is 17.1 Å². The minimum Gasteiger partial charge on any atom is -0.330 e. The van der Waals surface area contributed by atoms with Gasteiger partial charge in [0, 0.05) is 18.2 Å². The van der Waals surface area contributed by atoms with Crippen LogP contribution in [-0.2, 0) is 6.42 Å². The Morgan fingerprint density at radius 1 is 1.05 bits per heavy atom. The summed E-state index contributed by atoms with van der Waals surface area (Å²) in [6.07, 6.45) is 4.18. The third-order valence-electron chi connectivity index (χ3n) is 2.96. The van der Waals surface area contributed by atoms with Crippen molar-refractivity contribution in [3.63, 3.8) is 0 Å². The summed E-state index contributed by atoms with van der Waals surface area (Å²) < 4.78 is 1.81. The minimum atomic E-state index is 0.535. The van der Waals surface area contributed by atoms with Gasteiger partial charge in [-0.2, -0.15) is 0 Å². The van der Waals surface area contributed by atoms with E-state index < -0.39 is 0 Å². The van der Waals surface area contributed by atoms with Crippen LogP contribution in [0.3, 0.4) is 0 Å². The number of benzene rings is 1. The van der Waals surface area contributed by atoms with Crippen molar-refractivity contribution in [2.75, 3.05) is 6.54 Å². The van der Waals surface area contributed by atoms with Gasteiger partial charge in [-0.1, -0.05) is 30.3 Å². The van der Waals surface area contributed by atoms with E-state index in [9.17, 15) is 0 Å². The van der Waals surface area contributed by atoms with E-state index in [2.05, 4.69) is 15.1 Å². The molecule has 3 aromatic rings. The zero-order chi connectivity index (χ0) is 13.8. The van der Waals surface area contributed by atoms with Crippen LogP contribution in [0.2, 0.25) is 0 Å². The number of pyridine rings is 1. The van der Waals surface area contributed by atoms with E-state index >= 15 is 0 Å². The lowest BCUT2D eigenvalue weighted by Gasteiger charge is -2.03. The van der Waals surface area contributed by atoms with Crippen LogP contribution in [0.15, 0.2) is 54.9 Å². The minimum absolute atomic E-state index is 0.535. The molecule has 0 aliphatic rings. The normalized spacial score (nSPS) is 10.7. The maximum atomic E-state index is 5.66. The van der Waals surface area contributed by atoms with Gasteiger partial charge in [0.15, 0.2) is 5.82 Å². The van der Waals surface area contributed by atoms with Gasteiger partial charge in [-0.15, -0.1) is 5.10 Å². The highest BCUT2D eigenvalue weighted by Crippen LogP contribution is 2.17. The Bertz CT molecular complexity index is 676. The van der Waals surface area contributed by atoms with Crippen molar-refractivity contribution in [3.8, 4) is 17.1 Å². The van der Waals surface area contributed by atoms with Gasteiger partial charge in [0.25, 0.3) is 0 Å². The molecule has 0 aliphatic carbocycles. The van der Waals surface area contributed by atoms with Crippen LogP contribution >= 0.6 is 0 Å². The van der Waals surface area contributed by atoms with Crippen LogP contribution in [0.4, 0.5) is 0 Å². The Balaban J connectivity index is 2.08. The molecule has 2 N–H and O–H groups in total. The van der Waals surface area contributed by atoms with Crippen molar-refractivity contribution in [2.45, 2.75) is 6.42 Å². The van der Waals surface area contributed by atoms with Gasteiger partial charge in [-0.3, -0.25) is 4.98 Å². The van der Waals surface area contributed by atoms with E-state index in [1.165, 1.54) is 0 Å². The number of aromatic nitrogens is 4. The van der Waals surface area contributed by atoms with Crippen molar-refractivity contribution < 1.29 is 0 Å². The first kappa shape index (κ1) is 12.5. The third-order valence-corrected chi connectivity index (χ3v) is 2.96. The smallest absolute Gasteiger partial charge is 0.181 e. The largest absolute Gasteiger partial charge is 0.330 e. The molecule has 0 spiro atoms. The predicted octanol–water partition coefficient (Wildman–Crippen LogP) is 1.83. The molecule has 0 radical (unpaired) electrons. The highest BCUT2D eigenvalue weighted by atomic mass is 15.4. The molecule has 0 unspecified atom stereocenters. The van der Waals surface area contributed by atoms with Gasteiger partial charge in [-0.25, -0.2) is 9.67 Å². The Morgan fingerprint density at radius 3 is 2.60 bits per heavy atom. The zero-order valence-corrected chi connectivity index (χ0v) is 11.0. The molecule has 0 amide bonds. The van der Waals surface area contributed by atoms with Crippen LogP contribution < -0.4 is 5.73 Å². The maximum Gasteiger partial charge on any atom is 0.181 e. The first-order valence-corrected chi connectivity index (χ1v) is 6.50. The molecule has 0 bridgehead atoms. The van der Waals surface area contributed by atoms with Gasteiger partial charge in [0.05, 0.1) is 11.9 Å². The summed E-state index contributed by atoms with van der Waals surface area (Å²) in [6, 6.07) is 13.8. The molecule has 0 aliphatic heterocycles. The zero-order valence-electron chi connectivity index (χ0n) is 11.0. The Hall–Kier alpha value is -2.53. The second kappa shape index (κ2) is 5.63. The quantitative estimate of drug-likeness (QED) is 0.781. The number of hydrogen-bond acceptors (Lipinski definition) is 4. The first-order valence-electron chi connectivity index (χ1n) is 6.50. The Labute approximate surface area is 117 Å². The first-order chi connectivity index (χ1) is 9.88. The fourth-order valence-corrected chi connectivity index (χ4v) is 2.03. The van der Waals surface area contributed by atoms with E-state index in [4.69, 9.17) is 5.73 Å². The topological polar surface area (TPSA) is 69.6 Å². The van der Waals surface area contributed by atoms with Gasteiger partial charge in [0.1, 0.15) is 5.82 Å². The summed E-state index contributed by atoms with van der Waals surface area (Å²) >= 11 is 0. The molecule has 5 nitrogen and oxygen atoms in total. The van der Waals surface area contributed by atoms with E-state index in [1.54, 1.807) is 12.4 Å². The summed E-state index contributed by atoms with van der Waals surface area (Å²) in [7, 11) is 0. The van der Waals surface area contributed by atoms with E-state index in [1.807, 2.05) is 47.1 Å². The highest BCUT2D eigenvalue weighted by Gasteiger charge is 2.12. The summed E-state index contributed by atoms with van der Waals surface area (Å²) in [6.45, 7) is 0.535. The molecule has 3 rings (SSSR count). The molecular weight excluding hydrogens is 250 g/mol. The van der Waals surface area contributed by atoms with E-state index in [0.29, 0.717) is 18.8 Å². The predicted molar refractivity (Wildman–Crippen MR) is 77.3 cm³/mol. The van der Waals surface area contributed by atoms with Crippen LogP contribution in [0.1, 0.15) is 5.82 Å². The van der Waals surface area contributed by atoms with Crippen LogP contribution in [-0.4, -0.2) is 26.3 Å². The SMILES string of the molecule is NCCc1nc(-c2ccccc2)nn1-c1cccnc1. The van der Waals surface area contributed by atoms with Gasteiger partial charge in [0.2, 0.25) is 0 Å². The molecule has 0 fully saturated rings. The molecule has 20 heavy (non-hydrogen) atoms. The van der Waals surface area contributed by atoms with Crippen LogP contribution in [0, 0.1) is 0 Å². The second-order valence-corrected chi connectivity index (χ2v) is 4.38. The second-order valence-electron chi connectivity index (χ2n) is 4.38. The summed E-state index contributed by atoms with van der Waals surface area (Å²) in [4.78, 5) is 8.72. The Kier molecular flexibility index (Phi) is 3.52. The lowest BCUT2D eigenvalue weighted by molar-refractivity contribution is 0.773. The molecule has 5 heteroatoms. The molecular formula is C15H15N5. The van der Waals surface area contributed by atoms with Crippen molar-refractivity contribution in [2.24, 2.45) is 5.73 Å². The number of nitrogens with zero attached hydrogens (tertiary/aromatic N) is 4.